The second-order valence-electron chi connectivity index (χ2n) is 23.9. The Morgan fingerprint density at radius 2 is 0.471 bits per heavy atom. The Hall–Kier alpha value is -1.94. The molecule has 3 N–H and O–H groups in total. The molecule has 0 aromatic carbocycles. The summed E-state index contributed by atoms with van der Waals surface area (Å²) in [7, 11) is -9.88. The van der Waals surface area contributed by atoms with E-state index in [1.165, 1.54) is 161 Å². The number of unbranched alkanes of at least 4 members (excludes halogenated alkanes) is 41. The predicted molar refractivity (Wildman–Crippen MR) is 340 cm³/mol. The van der Waals surface area contributed by atoms with Gasteiger partial charge in [-0.25, -0.2) is 9.13 Å². The Bertz CT molecular complexity index is 1640. The van der Waals surface area contributed by atoms with E-state index in [4.69, 9.17) is 37.0 Å². The first kappa shape index (κ1) is 83.1. The number of phosphoric ester groups is 2. The molecule has 0 rings (SSSR count). The number of phosphoric acid groups is 2. The number of hydrogen-bond acceptors (Lipinski definition) is 15. The molecule has 0 spiro atoms. The molecule has 0 saturated heterocycles. The van der Waals surface area contributed by atoms with Crippen LogP contribution in [0.3, 0.4) is 0 Å². The number of aliphatic hydroxyl groups excluding tert-OH is 1. The molecule has 0 aliphatic rings. The van der Waals surface area contributed by atoms with Crippen LogP contribution in [0, 0.1) is 0 Å². The summed E-state index contributed by atoms with van der Waals surface area (Å²) in [6, 6.07) is 0. The molecule has 0 amide bonds. The van der Waals surface area contributed by atoms with Crippen molar-refractivity contribution in [3.05, 3.63) is 0 Å². The first-order chi connectivity index (χ1) is 41.2. The zero-order valence-electron chi connectivity index (χ0n) is 54.6. The smallest absolute Gasteiger partial charge is 0.462 e. The molecular formula is C66H128O17P2. The molecule has 5 atom stereocenters. The monoisotopic (exact) mass is 1250 g/mol. The summed E-state index contributed by atoms with van der Waals surface area (Å²) < 4.78 is 68.0. The molecule has 0 saturated carbocycles. The number of ether oxygens (including phenoxy) is 4. The van der Waals surface area contributed by atoms with E-state index in [-0.39, 0.29) is 25.7 Å². The topological polar surface area (TPSA) is 237 Å². The average Bonchev–Trinajstić information content (AvgIpc) is 3.49. The van der Waals surface area contributed by atoms with Gasteiger partial charge in [0.2, 0.25) is 0 Å². The second-order valence-corrected chi connectivity index (χ2v) is 26.8. The largest absolute Gasteiger partial charge is 0.472 e. The second kappa shape index (κ2) is 60.9. The summed E-state index contributed by atoms with van der Waals surface area (Å²) in [4.78, 5) is 72.1. The van der Waals surface area contributed by atoms with Crippen molar-refractivity contribution in [2.75, 3.05) is 39.6 Å². The highest BCUT2D eigenvalue weighted by atomic mass is 31.2. The number of rotatable bonds is 67. The minimum atomic E-state index is -4.94. The van der Waals surface area contributed by atoms with E-state index in [2.05, 4.69) is 27.7 Å². The third kappa shape index (κ3) is 60.7. The van der Waals surface area contributed by atoms with Crippen LogP contribution in [0.4, 0.5) is 0 Å². The van der Waals surface area contributed by atoms with Crippen LogP contribution in [0.2, 0.25) is 0 Å². The maximum Gasteiger partial charge on any atom is 0.472 e. The van der Waals surface area contributed by atoms with E-state index in [9.17, 15) is 43.2 Å². The fraction of sp³-hybridized carbons (Fsp3) is 0.939. The maximum atomic E-state index is 13.0. The van der Waals surface area contributed by atoms with Crippen molar-refractivity contribution in [1.82, 2.24) is 0 Å². The molecular weight excluding hydrogens is 1130 g/mol. The molecule has 0 aromatic rings. The van der Waals surface area contributed by atoms with Gasteiger partial charge in [-0.05, 0) is 25.7 Å². The van der Waals surface area contributed by atoms with Crippen molar-refractivity contribution in [2.45, 2.75) is 361 Å². The van der Waals surface area contributed by atoms with E-state index in [0.717, 1.165) is 103 Å². The first-order valence-corrected chi connectivity index (χ1v) is 37.8. The van der Waals surface area contributed by atoms with Crippen LogP contribution < -0.4 is 0 Å². The number of carbonyl (C=O) groups excluding carboxylic acids is 4. The number of esters is 4. The predicted octanol–water partition coefficient (Wildman–Crippen LogP) is 18.7. The van der Waals surface area contributed by atoms with Crippen LogP contribution in [0.15, 0.2) is 0 Å². The Morgan fingerprint density at radius 3 is 0.694 bits per heavy atom. The zero-order valence-corrected chi connectivity index (χ0v) is 56.4. The highest BCUT2D eigenvalue weighted by Crippen LogP contribution is 2.45. The number of aliphatic hydroxyl groups is 1. The van der Waals surface area contributed by atoms with E-state index in [0.29, 0.717) is 25.7 Å². The summed E-state index contributed by atoms with van der Waals surface area (Å²) >= 11 is 0. The third-order valence-corrected chi connectivity index (χ3v) is 17.3. The summed E-state index contributed by atoms with van der Waals surface area (Å²) in [5.41, 5.74) is 0. The van der Waals surface area contributed by atoms with Gasteiger partial charge < -0.3 is 33.8 Å². The highest BCUT2D eigenvalue weighted by molar-refractivity contribution is 7.47. The lowest BCUT2D eigenvalue weighted by molar-refractivity contribution is -0.161. The van der Waals surface area contributed by atoms with E-state index >= 15 is 0 Å². The van der Waals surface area contributed by atoms with Crippen molar-refractivity contribution in [3.63, 3.8) is 0 Å². The fourth-order valence-corrected chi connectivity index (χ4v) is 11.6. The van der Waals surface area contributed by atoms with Gasteiger partial charge in [0, 0.05) is 25.7 Å². The van der Waals surface area contributed by atoms with Crippen LogP contribution in [-0.4, -0.2) is 96.7 Å². The van der Waals surface area contributed by atoms with Crippen molar-refractivity contribution in [2.24, 2.45) is 0 Å². The Labute approximate surface area is 517 Å². The first-order valence-electron chi connectivity index (χ1n) is 34.8. The Balaban J connectivity index is 5.18. The molecule has 504 valence electrons. The summed E-state index contributed by atoms with van der Waals surface area (Å²) in [5.74, 6) is -2.13. The average molecular weight is 1260 g/mol. The molecule has 0 aliphatic carbocycles. The van der Waals surface area contributed by atoms with Crippen LogP contribution in [-0.2, 0) is 65.4 Å². The summed E-state index contributed by atoms with van der Waals surface area (Å²) in [6.07, 6.45) is 47.3. The Kier molecular flexibility index (Phi) is 59.6. The normalized spacial score (nSPS) is 14.1. The highest BCUT2D eigenvalue weighted by Gasteiger charge is 2.30. The lowest BCUT2D eigenvalue weighted by atomic mass is 10.0. The number of carbonyl (C=O) groups is 4. The molecule has 85 heavy (non-hydrogen) atoms. The van der Waals surface area contributed by atoms with Gasteiger partial charge in [-0.15, -0.1) is 0 Å². The van der Waals surface area contributed by atoms with Gasteiger partial charge in [-0.2, -0.15) is 0 Å². The molecule has 19 heteroatoms. The van der Waals surface area contributed by atoms with Gasteiger partial charge >= 0.3 is 39.5 Å². The van der Waals surface area contributed by atoms with Crippen LogP contribution >= 0.6 is 15.6 Å². The third-order valence-electron chi connectivity index (χ3n) is 15.4. The molecule has 0 aliphatic heterocycles. The van der Waals surface area contributed by atoms with Gasteiger partial charge in [-0.3, -0.25) is 37.3 Å². The molecule has 2 unspecified atom stereocenters. The van der Waals surface area contributed by atoms with Crippen LogP contribution in [0.5, 0.6) is 0 Å². The minimum absolute atomic E-state index is 0.106. The van der Waals surface area contributed by atoms with E-state index in [1.807, 2.05) is 0 Å². The maximum absolute atomic E-state index is 13.0. The van der Waals surface area contributed by atoms with Crippen molar-refractivity contribution in [1.29, 1.82) is 0 Å². The Morgan fingerprint density at radius 1 is 0.282 bits per heavy atom. The molecule has 17 nitrogen and oxygen atoms in total. The summed E-state index contributed by atoms with van der Waals surface area (Å²) in [5, 5.41) is 10.5. The minimum Gasteiger partial charge on any atom is -0.462 e. The van der Waals surface area contributed by atoms with E-state index in [1.54, 1.807) is 0 Å². The van der Waals surface area contributed by atoms with Gasteiger partial charge in [0.25, 0.3) is 0 Å². The lowest BCUT2D eigenvalue weighted by Gasteiger charge is -2.21. The van der Waals surface area contributed by atoms with Crippen LogP contribution in [0.25, 0.3) is 0 Å². The number of hydrogen-bond donors (Lipinski definition) is 3. The standard InChI is InChI=1S/C66H128O17P2/c1-5-9-13-17-21-24-26-28-29-30-31-32-34-37-41-45-49-53-66(71)83-62(57-77-64(69)51-47-43-39-36-33-27-25-22-18-14-10-6-2)59-81-85(74,75)79-55-60(67)54-78-84(72,73)80-58-61(56-76-63(68)50-46-42-38-20-16-12-8-4)82-65(70)52-48-44-40-35-23-19-15-11-7-3/h60-62,67H,5-59H2,1-4H3,(H,72,73)(H,74,75)/t60-,61+,62+/m0/s1. The molecule has 0 radical (unpaired) electrons. The van der Waals surface area contributed by atoms with Crippen molar-refractivity contribution >= 4 is 39.5 Å². The van der Waals surface area contributed by atoms with Crippen molar-refractivity contribution in [3.8, 4) is 0 Å². The van der Waals surface area contributed by atoms with E-state index < -0.39 is 97.5 Å². The molecule has 0 aromatic heterocycles. The van der Waals surface area contributed by atoms with Gasteiger partial charge in [0.05, 0.1) is 26.4 Å². The van der Waals surface area contributed by atoms with Gasteiger partial charge in [-0.1, -0.05) is 291 Å². The molecule has 0 fully saturated rings. The quantitative estimate of drug-likeness (QED) is 0.0222. The van der Waals surface area contributed by atoms with Gasteiger partial charge in [0.1, 0.15) is 19.3 Å². The molecule has 0 heterocycles. The van der Waals surface area contributed by atoms with Gasteiger partial charge in [0.15, 0.2) is 12.2 Å². The summed E-state index contributed by atoms with van der Waals surface area (Å²) in [6.45, 7) is 4.86. The lowest BCUT2D eigenvalue weighted by Crippen LogP contribution is -2.30. The molecule has 0 bridgehead atoms. The zero-order chi connectivity index (χ0) is 62.6. The van der Waals surface area contributed by atoms with Crippen LogP contribution in [0.1, 0.15) is 342 Å². The van der Waals surface area contributed by atoms with Crippen molar-refractivity contribution < 1.29 is 80.2 Å². The fourth-order valence-electron chi connectivity index (χ4n) is 9.99. The SMILES string of the molecule is CCCCCCCCCCCCCCCCCCCC(=O)O[C@H](COC(=O)CCCCCCCCCCCCCC)COP(=O)(O)OC[C@@H](O)COP(=O)(O)OC[C@@H](COC(=O)CCCCCCCCC)OC(=O)CCCCCCCCCCC.